The molecule has 0 spiro atoms. The molecule has 5 nitrogen and oxygen atoms in total. The van der Waals surface area contributed by atoms with E-state index in [1.54, 1.807) is 0 Å². The first-order valence-electron chi connectivity index (χ1n) is 6.20. The second-order valence-electron chi connectivity index (χ2n) is 5.02. The van der Waals surface area contributed by atoms with Crippen LogP contribution in [0, 0.1) is 5.82 Å². The SMILES string of the molecule is CN(C)NS(=O)(=O)c1cc(Cl)cc(CNC2CC2)c1F. The molecule has 112 valence electrons. The third kappa shape index (κ3) is 3.89. The van der Waals surface area contributed by atoms with Crippen LogP contribution in [0.2, 0.25) is 5.02 Å². The van der Waals surface area contributed by atoms with E-state index in [-0.39, 0.29) is 17.1 Å². The van der Waals surface area contributed by atoms with E-state index in [1.165, 1.54) is 25.2 Å². The van der Waals surface area contributed by atoms with E-state index in [0.717, 1.165) is 18.9 Å². The molecule has 1 aromatic rings. The fourth-order valence-electron chi connectivity index (χ4n) is 1.77. The Morgan fingerprint density at radius 3 is 2.60 bits per heavy atom. The van der Waals surface area contributed by atoms with Gasteiger partial charge in [-0.25, -0.2) is 17.8 Å². The van der Waals surface area contributed by atoms with Crippen molar-refractivity contribution in [3.63, 3.8) is 0 Å². The molecule has 0 aliphatic heterocycles. The van der Waals surface area contributed by atoms with Gasteiger partial charge in [-0.05, 0) is 25.0 Å². The second-order valence-corrected chi connectivity index (χ2v) is 7.09. The first-order valence-corrected chi connectivity index (χ1v) is 8.07. The monoisotopic (exact) mass is 321 g/mol. The molecule has 0 radical (unpaired) electrons. The average molecular weight is 322 g/mol. The summed E-state index contributed by atoms with van der Waals surface area (Å²) in [7, 11) is -0.950. The van der Waals surface area contributed by atoms with Gasteiger partial charge in [0.15, 0.2) is 0 Å². The summed E-state index contributed by atoms with van der Waals surface area (Å²) in [5.74, 6) is -0.767. The standard InChI is InChI=1S/C12H17ClFN3O2S/c1-17(2)16-20(18,19)11-6-9(13)5-8(12(11)14)7-15-10-3-4-10/h5-6,10,15-16H,3-4,7H2,1-2H3. The number of rotatable bonds is 6. The molecule has 1 aliphatic carbocycles. The molecule has 0 unspecified atom stereocenters. The van der Waals surface area contributed by atoms with E-state index in [4.69, 9.17) is 11.6 Å². The molecule has 1 saturated carbocycles. The van der Waals surface area contributed by atoms with Crippen LogP contribution in [0.4, 0.5) is 4.39 Å². The van der Waals surface area contributed by atoms with Crippen molar-refractivity contribution in [1.82, 2.24) is 15.2 Å². The van der Waals surface area contributed by atoms with Crippen molar-refractivity contribution in [3.8, 4) is 0 Å². The molecule has 1 fully saturated rings. The van der Waals surface area contributed by atoms with Gasteiger partial charge in [-0.1, -0.05) is 11.6 Å². The normalized spacial score (nSPS) is 15.8. The van der Waals surface area contributed by atoms with Gasteiger partial charge in [-0.15, -0.1) is 4.83 Å². The summed E-state index contributed by atoms with van der Waals surface area (Å²) in [6.07, 6.45) is 2.13. The van der Waals surface area contributed by atoms with Crippen LogP contribution in [0.1, 0.15) is 18.4 Å². The summed E-state index contributed by atoms with van der Waals surface area (Å²) in [5.41, 5.74) is 0.253. The van der Waals surface area contributed by atoms with Crippen molar-refractivity contribution in [3.05, 3.63) is 28.5 Å². The molecule has 1 aromatic carbocycles. The third-order valence-corrected chi connectivity index (χ3v) is 4.53. The number of hydrazine groups is 1. The summed E-state index contributed by atoms with van der Waals surface area (Å²) < 4.78 is 38.4. The van der Waals surface area contributed by atoms with Crippen LogP contribution in [-0.4, -0.2) is 33.6 Å². The smallest absolute Gasteiger partial charge is 0.256 e. The molecule has 2 N–H and O–H groups in total. The van der Waals surface area contributed by atoms with Crippen LogP contribution in [0.25, 0.3) is 0 Å². The van der Waals surface area contributed by atoms with Crippen LogP contribution >= 0.6 is 11.6 Å². The summed E-state index contributed by atoms with van der Waals surface area (Å²) in [6, 6.07) is 2.96. The van der Waals surface area contributed by atoms with Gasteiger partial charge in [0, 0.05) is 37.3 Å². The van der Waals surface area contributed by atoms with E-state index in [2.05, 4.69) is 10.1 Å². The van der Waals surface area contributed by atoms with Crippen molar-refractivity contribution in [2.75, 3.05) is 14.1 Å². The molecule has 0 saturated heterocycles. The Kier molecular flexibility index (Phi) is 4.66. The van der Waals surface area contributed by atoms with Crippen LogP contribution in [0.15, 0.2) is 17.0 Å². The number of hydrogen-bond acceptors (Lipinski definition) is 4. The lowest BCUT2D eigenvalue weighted by atomic mass is 10.2. The molecule has 0 aromatic heterocycles. The van der Waals surface area contributed by atoms with Gasteiger partial charge in [0.25, 0.3) is 10.0 Å². The number of benzene rings is 1. The van der Waals surface area contributed by atoms with Crippen molar-refractivity contribution >= 4 is 21.6 Å². The number of halogens is 2. The summed E-state index contributed by atoms with van der Waals surface area (Å²) in [4.78, 5) is 1.76. The highest BCUT2D eigenvalue weighted by atomic mass is 35.5. The van der Waals surface area contributed by atoms with E-state index in [9.17, 15) is 12.8 Å². The van der Waals surface area contributed by atoms with Gasteiger partial charge in [0.05, 0.1) is 0 Å². The minimum Gasteiger partial charge on any atom is -0.310 e. The average Bonchev–Trinajstić information content (AvgIpc) is 3.11. The molecule has 8 heteroatoms. The zero-order valence-electron chi connectivity index (χ0n) is 11.3. The minimum absolute atomic E-state index is 0.193. The number of nitrogens with zero attached hydrogens (tertiary/aromatic N) is 1. The quantitative estimate of drug-likeness (QED) is 0.779. The molecule has 0 heterocycles. The minimum atomic E-state index is -3.97. The number of hydrogen-bond donors (Lipinski definition) is 2. The Morgan fingerprint density at radius 1 is 1.40 bits per heavy atom. The Balaban J connectivity index is 2.32. The lowest BCUT2D eigenvalue weighted by Crippen LogP contribution is -2.36. The lowest BCUT2D eigenvalue weighted by Gasteiger charge is -2.15. The highest BCUT2D eigenvalue weighted by Gasteiger charge is 2.25. The number of sulfonamides is 1. The predicted molar refractivity (Wildman–Crippen MR) is 75.3 cm³/mol. The summed E-state index contributed by atoms with van der Waals surface area (Å²) in [6.45, 7) is 0.265. The topological polar surface area (TPSA) is 61.4 Å². The van der Waals surface area contributed by atoms with Crippen molar-refractivity contribution in [2.45, 2.75) is 30.3 Å². The highest BCUT2D eigenvalue weighted by Crippen LogP contribution is 2.25. The third-order valence-electron chi connectivity index (χ3n) is 2.83. The Morgan fingerprint density at radius 2 is 2.05 bits per heavy atom. The van der Waals surface area contributed by atoms with Crippen molar-refractivity contribution in [1.29, 1.82) is 0 Å². The van der Waals surface area contributed by atoms with Gasteiger partial charge in [-0.3, -0.25) is 0 Å². The van der Waals surface area contributed by atoms with Crippen LogP contribution in [0.3, 0.4) is 0 Å². The highest BCUT2D eigenvalue weighted by molar-refractivity contribution is 7.89. The van der Waals surface area contributed by atoms with Gasteiger partial charge < -0.3 is 5.32 Å². The molecule has 0 amide bonds. The van der Waals surface area contributed by atoms with Crippen molar-refractivity contribution in [2.24, 2.45) is 0 Å². The second kappa shape index (κ2) is 5.95. The molecule has 2 rings (SSSR count). The lowest BCUT2D eigenvalue weighted by molar-refractivity contribution is 0.362. The van der Waals surface area contributed by atoms with Crippen LogP contribution in [-0.2, 0) is 16.6 Å². The molecule has 20 heavy (non-hydrogen) atoms. The summed E-state index contributed by atoms with van der Waals surface area (Å²) in [5, 5.41) is 4.56. The van der Waals surface area contributed by atoms with Gasteiger partial charge in [0.1, 0.15) is 10.7 Å². The maximum absolute atomic E-state index is 14.3. The van der Waals surface area contributed by atoms with E-state index in [0.29, 0.717) is 6.04 Å². The fourth-order valence-corrected chi connectivity index (χ4v) is 3.31. The van der Waals surface area contributed by atoms with Gasteiger partial charge in [-0.2, -0.15) is 0 Å². The van der Waals surface area contributed by atoms with Crippen LogP contribution in [0.5, 0.6) is 0 Å². The Hall–Kier alpha value is -0.730. The number of nitrogens with one attached hydrogen (secondary N) is 2. The largest absolute Gasteiger partial charge is 0.310 e. The zero-order chi connectivity index (χ0) is 14.9. The van der Waals surface area contributed by atoms with E-state index >= 15 is 0 Å². The first-order chi connectivity index (χ1) is 9.29. The Bertz CT molecular complexity index is 603. The van der Waals surface area contributed by atoms with E-state index < -0.39 is 20.7 Å². The van der Waals surface area contributed by atoms with Crippen molar-refractivity contribution < 1.29 is 12.8 Å². The Labute approximate surface area is 123 Å². The van der Waals surface area contributed by atoms with Gasteiger partial charge in [0.2, 0.25) is 0 Å². The molecule has 0 bridgehead atoms. The summed E-state index contributed by atoms with van der Waals surface area (Å²) >= 11 is 5.90. The van der Waals surface area contributed by atoms with Gasteiger partial charge >= 0.3 is 0 Å². The fraction of sp³-hybridized carbons (Fsp3) is 0.500. The predicted octanol–water partition coefficient (Wildman–Crippen LogP) is 1.49. The maximum Gasteiger partial charge on any atom is 0.256 e. The van der Waals surface area contributed by atoms with E-state index in [1.807, 2.05) is 0 Å². The zero-order valence-corrected chi connectivity index (χ0v) is 12.9. The maximum atomic E-state index is 14.3. The van der Waals surface area contributed by atoms with Crippen LogP contribution < -0.4 is 10.1 Å². The molecular formula is C12H17ClFN3O2S. The molecule has 1 aliphatic rings. The first kappa shape index (κ1) is 15.7. The molecular weight excluding hydrogens is 305 g/mol. The molecule has 0 atom stereocenters.